The van der Waals surface area contributed by atoms with Gasteiger partial charge >= 0.3 is 49.0 Å². The predicted octanol–water partition coefficient (Wildman–Crippen LogP) is 0.297. The van der Waals surface area contributed by atoms with Crippen molar-refractivity contribution in [3.63, 3.8) is 0 Å². The van der Waals surface area contributed by atoms with E-state index in [1.807, 2.05) is 0 Å². The summed E-state index contributed by atoms with van der Waals surface area (Å²) in [5, 5.41) is 26.8. The van der Waals surface area contributed by atoms with Crippen molar-refractivity contribution in [1.29, 1.82) is 0 Å². The molecule has 0 saturated heterocycles. The normalized spacial score (nSPS) is 11.5. The Bertz CT molecular complexity index is 625. The summed E-state index contributed by atoms with van der Waals surface area (Å²) >= 11 is 17.2. The molecule has 2 unspecified atom stereocenters. The van der Waals surface area contributed by atoms with E-state index in [-0.39, 0.29) is 75.1 Å². The number of rotatable bonds is 26. The van der Waals surface area contributed by atoms with Gasteiger partial charge in [0.2, 0.25) is 11.8 Å². The SMILES string of the molecule is O=C([O-])CCCCCNC(=O)CCCCC(S)CCS.O=C([O-])CCCCCNC(=O)CCCCC(S)CCS.[H-].[Na+].[Zn+2]. The van der Waals surface area contributed by atoms with Crippen LogP contribution in [0, 0.1) is 0 Å². The van der Waals surface area contributed by atoms with E-state index in [1.54, 1.807) is 0 Å². The van der Waals surface area contributed by atoms with Crippen LogP contribution in [-0.2, 0) is 38.7 Å². The number of amides is 2. The molecule has 0 aromatic heterocycles. The molecule has 0 bridgehead atoms. The number of carboxylic acid groups (broad SMARTS) is 2. The van der Waals surface area contributed by atoms with Crippen LogP contribution >= 0.6 is 50.5 Å². The summed E-state index contributed by atoms with van der Waals surface area (Å²) in [5.41, 5.74) is 0. The van der Waals surface area contributed by atoms with Crippen LogP contribution in [0.5, 0.6) is 0 Å². The first-order chi connectivity index (χ1) is 19.1. The summed E-state index contributed by atoms with van der Waals surface area (Å²) in [6.45, 7) is 1.25. The minimum absolute atomic E-state index is 0. The van der Waals surface area contributed by atoms with E-state index in [2.05, 4.69) is 61.1 Å². The molecule has 0 saturated carbocycles. The Hall–Kier alpha value is 0.903. The Morgan fingerprint density at radius 2 is 0.881 bits per heavy atom. The number of unbranched alkanes of at least 4 members (excludes halogenated alkanes) is 6. The van der Waals surface area contributed by atoms with Gasteiger partial charge < -0.3 is 31.9 Å². The van der Waals surface area contributed by atoms with Crippen LogP contribution in [0.2, 0.25) is 0 Å². The molecule has 0 aliphatic carbocycles. The molecule has 2 N–H and O–H groups in total. The third-order valence-corrected chi connectivity index (χ3v) is 7.62. The molecule has 0 aliphatic rings. The predicted molar refractivity (Wildman–Crippen MR) is 174 cm³/mol. The fourth-order valence-electron chi connectivity index (χ4n) is 3.69. The van der Waals surface area contributed by atoms with E-state index in [0.717, 1.165) is 88.6 Å². The number of carboxylic acids is 2. The Labute approximate surface area is 312 Å². The van der Waals surface area contributed by atoms with Gasteiger partial charge in [-0.1, -0.05) is 25.7 Å². The van der Waals surface area contributed by atoms with Crippen LogP contribution in [-0.4, -0.2) is 58.8 Å². The number of nitrogens with one attached hydrogen (secondary N) is 2. The van der Waals surface area contributed by atoms with Gasteiger partial charge in [0.1, 0.15) is 0 Å². The van der Waals surface area contributed by atoms with Crippen LogP contribution in [0.1, 0.15) is 117 Å². The van der Waals surface area contributed by atoms with Crippen molar-refractivity contribution in [3.05, 3.63) is 0 Å². The molecule has 42 heavy (non-hydrogen) atoms. The molecule has 8 nitrogen and oxygen atoms in total. The molecule has 0 rings (SSSR count). The zero-order chi connectivity index (χ0) is 30.4. The van der Waals surface area contributed by atoms with Gasteiger partial charge in [-0.2, -0.15) is 50.5 Å². The van der Waals surface area contributed by atoms with Crippen molar-refractivity contribution < 1.29 is 79.9 Å². The van der Waals surface area contributed by atoms with Gasteiger partial charge in [-0.25, -0.2) is 0 Å². The Balaban J connectivity index is -0.000000209. The number of carbonyl (C=O) groups excluding carboxylic acids is 4. The number of hydrogen-bond donors (Lipinski definition) is 6. The standard InChI is InChI=1S/2C14H27NO3S2.Na.Zn.H/c2*16-13(7-4-3-6-12(20)9-11-19)15-10-5-1-2-8-14(17)18;;;/h2*12,19-20H,1-11H2,(H,15,16)(H,17,18);;;/q;;+1;+2;-1/p-2. The molecule has 0 spiro atoms. The summed E-state index contributed by atoms with van der Waals surface area (Å²) in [6, 6.07) is 0. The molecule has 0 fully saturated rings. The molecular formula is C28H53N2NaO6S4Zn. The second-order valence-electron chi connectivity index (χ2n) is 9.89. The minimum Gasteiger partial charge on any atom is -1.00 e. The molecule has 0 heterocycles. The van der Waals surface area contributed by atoms with Crippen LogP contribution in [0.15, 0.2) is 0 Å². The van der Waals surface area contributed by atoms with Gasteiger partial charge in [0.05, 0.1) is 0 Å². The smallest absolute Gasteiger partial charge is 1.00 e. The second kappa shape index (κ2) is 38.1. The van der Waals surface area contributed by atoms with Gasteiger partial charge in [-0.05, 0) is 88.6 Å². The second-order valence-corrected chi connectivity index (χ2v) is 12.2. The molecular weight excluding hydrogens is 677 g/mol. The quantitative estimate of drug-likeness (QED) is 0.0431. The van der Waals surface area contributed by atoms with Crippen molar-refractivity contribution in [2.45, 2.75) is 126 Å². The molecule has 238 valence electrons. The van der Waals surface area contributed by atoms with Gasteiger partial charge in [0, 0.05) is 48.4 Å². The summed E-state index contributed by atoms with van der Waals surface area (Å²) in [4.78, 5) is 43.4. The van der Waals surface area contributed by atoms with E-state index >= 15 is 0 Å². The molecule has 0 aliphatic heterocycles. The van der Waals surface area contributed by atoms with E-state index in [0.29, 0.717) is 49.3 Å². The van der Waals surface area contributed by atoms with Gasteiger partial charge in [-0.15, -0.1) is 0 Å². The maximum absolute atomic E-state index is 11.5. The topological polar surface area (TPSA) is 138 Å². The van der Waals surface area contributed by atoms with Crippen LogP contribution in [0.25, 0.3) is 0 Å². The molecule has 0 aromatic carbocycles. The summed E-state index contributed by atoms with van der Waals surface area (Å²) in [7, 11) is 0. The zero-order valence-corrected chi connectivity index (χ0v) is 34.2. The first-order valence-corrected chi connectivity index (χ1v) is 16.9. The Kier molecular flexibility index (Phi) is 45.1. The number of hydrogen-bond acceptors (Lipinski definition) is 10. The summed E-state index contributed by atoms with van der Waals surface area (Å²) in [6.07, 6.45) is 13.7. The first kappa shape index (κ1) is 49.8. The third-order valence-electron chi connectivity index (χ3n) is 6.07. The third kappa shape index (κ3) is 43.0. The number of carbonyl (C=O) groups is 4. The first-order valence-electron chi connectivity index (χ1n) is 14.6. The molecule has 0 aromatic rings. The van der Waals surface area contributed by atoms with Crippen LogP contribution in [0.3, 0.4) is 0 Å². The average Bonchev–Trinajstić information content (AvgIpc) is 2.89. The summed E-state index contributed by atoms with van der Waals surface area (Å²) < 4.78 is 0. The van der Waals surface area contributed by atoms with Crippen LogP contribution in [0.4, 0.5) is 0 Å². The van der Waals surface area contributed by atoms with Gasteiger partial charge in [0.25, 0.3) is 0 Å². The monoisotopic (exact) mass is 728 g/mol. The maximum atomic E-state index is 11.5. The van der Waals surface area contributed by atoms with E-state index < -0.39 is 11.9 Å². The van der Waals surface area contributed by atoms with E-state index in [1.165, 1.54) is 0 Å². The van der Waals surface area contributed by atoms with E-state index in [9.17, 15) is 29.4 Å². The fraction of sp³-hybridized carbons (Fsp3) is 0.857. The largest absolute Gasteiger partial charge is 2.00 e. The minimum atomic E-state index is -1.01. The summed E-state index contributed by atoms with van der Waals surface area (Å²) in [5.74, 6) is -0.146. The Morgan fingerprint density at radius 3 is 1.19 bits per heavy atom. The zero-order valence-electron chi connectivity index (χ0n) is 26.7. The van der Waals surface area contributed by atoms with Crippen molar-refractivity contribution >= 4 is 74.3 Å². The van der Waals surface area contributed by atoms with Crippen molar-refractivity contribution in [3.8, 4) is 0 Å². The van der Waals surface area contributed by atoms with Crippen molar-refractivity contribution in [2.75, 3.05) is 24.6 Å². The van der Waals surface area contributed by atoms with E-state index in [4.69, 9.17) is 0 Å². The van der Waals surface area contributed by atoms with Crippen molar-refractivity contribution in [1.82, 2.24) is 10.6 Å². The number of aliphatic carboxylic acids is 2. The van der Waals surface area contributed by atoms with Gasteiger partial charge in [-0.3, -0.25) is 9.59 Å². The molecule has 2 amide bonds. The average molecular weight is 730 g/mol. The number of thiol groups is 4. The van der Waals surface area contributed by atoms with Crippen molar-refractivity contribution in [2.24, 2.45) is 0 Å². The Morgan fingerprint density at radius 1 is 0.548 bits per heavy atom. The van der Waals surface area contributed by atoms with Crippen LogP contribution < -0.4 is 50.4 Å². The fourth-order valence-corrected chi connectivity index (χ4v) is 5.35. The van der Waals surface area contributed by atoms with Gasteiger partial charge in [0.15, 0.2) is 0 Å². The molecule has 0 radical (unpaired) electrons. The molecule has 2 atom stereocenters. The molecule has 14 heteroatoms. The maximum Gasteiger partial charge on any atom is 2.00 e.